The van der Waals surface area contributed by atoms with Gasteiger partial charge in [-0.05, 0) is 25.3 Å². The molecule has 0 aliphatic carbocycles. The van der Waals surface area contributed by atoms with Crippen molar-refractivity contribution in [3.8, 4) is 0 Å². The van der Waals surface area contributed by atoms with E-state index in [-0.39, 0.29) is 19.1 Å². The second-order valence-electron chi connectivity index (χ2n) is 7.60. The molecule has 0 aromatic heterocycles. The Labute approximate surface area is 188 Å². The van der Waals surface area contributed by atoms with E-state index in [0.29, 0.717) is 10.6 Å². The lowest BCUT2D eigenvalue weighted by Gasteiger charge is -2.27. The van der Waals surface area contributed by atoms with Crippen LogP contribution in [0.2, 0.25) is 0 Å². The van der Waals surface area contributed by atoms with Crippen LogP contribution in [0.15, 0.2) is 11.6 Å². The monoisotopic (exact) mass is 474 g/mol. The van der Waals surface area contributed by atoms with Gasteiger partial charge >= 0.3 is 30.4 Å². The number of hydroxylamine groups is 2. The molecule has 13 nitrogen and oxygen atoms in total. The molecular weight excluding hydrogens is 447 g/mol. The third-order valence-corrected chi connectivity index (χ3v) is 4.85. The Kier molecular flexibility index (Phi) is 8.56. The molecule has 4 atom stereocenters. The third-order valence-electron chi connectivity index (χ3n) is 4.85. The molecule has 2 rings (SSSR count). The molecule has 0 aromatic rings. The van der Waals surface area contributed by atoms with Crippen molar-refractivity contribution in [2.45, 2.75) is 52.2 Å². The van der Waals surface area contributed by atoms with Crippen molar-refractivity contribution in [3.63, 3.8) is 0 Å². The molecule has 2 unspecified atom stereocenters. The number of fused-ring (bicyclic) bond motifs is 2. The SMILES string of the molecule is CCOC(=O)C(NC(=O)OCOC(=O)C(F)ON1C(=O)N2C[C@H]1C=C(C)[C@H]2C(N)=O)C(C)C. The summed E-state index contributed by atoms with van der Waals surface area (Å²) in [5.74, 6) is -3.31. The zero-order valence-electron chi connectivity index (χ0n) is 18.6. The molecule has 33 heavy (non-hydrogen) atoms. The van der Waals surface area contributed by atoms with E-state index in [2.05, 4.69) is 14.8 Å². The van der Waals surface area contributed by atoms with Crippen molar-refractivity contribution in [2.24, 2.45) is 11.7 Å². The van der Waals surface area contributed by atoms with Gasteiger partial charge in [0.15, 0.2) is 0 Å². The third kappa shape index (κ3) is 6.09. The number of hydrogen-bond acceptors (Lipinski definition) is 9. The maximum absolute atomic E-state index is 14.2. The number of alkyl carbamates (subject to hydrolysis) is 1. The molecule has 1 saturated heterocycles. The first kappa shape index (κ1) is 25.8. The summed E-state index contributed by atoms with van der Waals surface area (Å²) in [6.45, 7) is 5.68. The fourth-order valence-corrected chi connectivity index (χ4v) is 3.35. The van der Waals surface area contributed by atoms with Crippen molar-refractivity contribution in [1.29, 1.82) is 0 Å². The van der Waals surface area contributed by atoms with Crippen molar-refractivity contribution < 1.29 is 47.4 Å². The lowest BCUT2D eigenvalue weighted by Crippen LogP contribution is -2.48. The second-order valence-corrected chi connectivity index (χ2v) is 7.60. The standard InChI is InChI=1S/C19H27FN4O9/c1-5-30-16(26)12(9(2)3)22-18(28)32-8-31-17(27)14(20)33-24-11-6-10(4)13(15(21)25)23(7-11)19(24)29/h6,9,11-14H,5,7-8H2,1-4H3,(H2,21,25)(H,22,28)/t11-,12?,13+,14?/m1/s1. The quantitative estimate of drug-likeness (QED) is 0.251. The topological polar surface area (TPSA) is 167 Å². The van der Waals surface area contributed by atoms with Crippen molar-refractivity contribution in [3.05, 3.63) is 11.6 Å². The van der Waals surface area contributed by atoms with Crippen LogP contribution in [0.25, 0.3) is 0 Å². The van der Waals surface area contributed by atoms with Gasteiger partial charge in [0.2, 0.25) is 12.7 Å². The fourth-order valence-electron chi connectivity index (χ4n) is 3.35. The molecule has 3 N–H and O–H groups in total. The number of urea groups is 1. The Bertz CT molecular complexity index is 834. The number of nitrogens with two attached hydrogens (primary N) is 1. The van der Waals surface area contributed by atoms with E-state index < -0.39 is 61.2 Å². The average molecular weight is 474 g/mol. The zero-order valence-corrected chi connectivity index (χ0v) is 18.6. The molecule has 0 saturated carbocycles. The first-order valence-electron chi connectivity index (χ1n) is 10.1. The lowest BCUT2D eigenvalue weighted by atomic mass is 10.0. The number of hydrogen-bond donors (Lipinski definition) is 2. The van der Waals surface area contributed by atoms with Gasteiger partial charge < -0.3 is 30.2 Å². The van der Waals surface area contributed by atoms with E-state index in [9.17, 15) is 28.4 Å². The van der Waals surface area contributed by atoms with E-state index in [1.165, 1.54) is 6.08 Å². The van der Waals surface area contributed by atoms with Gasteiger partial charge in [0.25, 0.3) is 0 Å². The number of amides is 4. The molecule has 2 heterocycles. The summed E-state index contributed by atoms with van der Waals surface area (Å²) in [5.41, 5.74) is 5.79. The highest BCUT2D eigenvalue weighted by molar-refractivity contribution is 5.90. The Morgan fingerprint density at radius 1 is 1.21 bits per heavy atom. The summed E-state index contributed by atoms with van der Waals surface area (Å²) in [7, 11) is 0. The molecule has 2 aliphatic rings. The van der Waals surface area contributed by atoms with Gasteiger partial charge in [0.05, 0.1) is 19.2 Å². The Hall–Kier alpha value is -3.42. The van der Waals surface area contributed by atoms with Crippen LogP contribution in [0.4, 0.5) is 14.0 Å². The Morgan fingerprint density at radius 3 is 2.45 bits per heavy atom. The van der Waals surface area contributed by atoms with Crippen LogP contribution < -0.4 is 11.1 Å². The number of rotatable bonds is 10. The fraction of sp³-hybridized carbons (Fsp3) is 0.632. The highest BCUT2D eigenvalue weighted by atomic mass is 19.1. The maximum Gasteiger partial charge on any atom is 0.410 e. The van der Waals surface area contributed by atoms with Crippen LogP contribution in [0.1, 0.15) is 27.7 Å². The van der Waals surface area contributed by atoms with Crippen molar-refractivity contribution >= 4 is 30.0 Å². The molecule has 184 valence electrons. The van der Waals surface area contributed by atoms with Gasteiger partial charge in [-0.1, -0.05) is 19.9 Å². The number of nitrogens with one attached hydrogen (secondary N) is 1. The summed E-state index contributed by atoms with van der Waals surface area (Å²) in [5, 5.41) is 2.87. The van der Waals surface area contributed by atoms with Gasteiger partial charge in [-0.3, -0.25) is 4.79 Å². The molecule has 4 amide bonds. The minimum Gasteiger partial charge on any atom is -0.464 e. The minimum atomic E-state index is -2.72. The highest BCUT2D eigenvalue weighted by Gasteiger charge is 2.48. The smallest absolute Gasteiger partial charge is 0.410 e. The number of halogens is 1. The number of carbonyl (C=O) groups is 5. The molecule has 14 heteroatoms. The summed E-state index contributed by atoms with van der Waals surface area (Å²) < 4.78 is 28.2. The predicted molar refractivity (Wildman–Crippen MR) is 106 cm³/mol. The average Bonchev–Trinajstić information content (AvgIpc) is 2.96. The summed E-state index contributed by atoms with van der Waals surface area (Å²) in [4.78, 5) is 65.4. The number of primary amides is 1. The number of esters is 2. The van der Waals surface area contributed by atoms with Crippen molar-refractivity contribution in [1.82, 2.24) is 15.3 Å². The van der Waals surface area contributed by atoms with Crippen LogP contribution in [-0.4, -0.2) is 84.4 Å². The van der Waals surface area contributed by atoms with Crippen LogP contribution in [-0.2, 0) is 33.4 Å². The van der Waals surface area contributed by atoms with Gasteiger partial charge in [0.1, 0.15) is 12.1 Å². The van der Waals surface area contributed by atoms with Crippen LogP contribution in [0.5, 0.6) is 0 Å². The zero-order chi connectivity index (χ0) is 24.9. The molecule has 0 aromatic carbocycles. The first-order chi connectivity index (χ1) is 15.5. The highest BCUT2D eigenvalue weighted by Crippen LogP contribution is 2.30. The van der Waals surface area contributed by atoms with E-state index in [1.54, 1.807) is 27.7 Å². The minimum absolute atomic E-state index is 0.0202. The van der Waals surface area contributed by atoms with Crippen LogP contribution in [0, 0.1) is 5.92 Å². The normalized spacial score (nSPS) is 21.3. The molecular formula is C19H27FN4O9. The summed E-state index contributed by atoms with van der Waals surface area (Å²) in [6.07, 6.45) is -2.30. The lowest BCUT2D eigenvalue weighted by molar-refractivity contribution is -0.227. The molecule has 0 radical (unpaired) electrons. The summed E-state index contributed by atoms with van der Waals surface area (Å²) in [6, 6.07) is -3.58. The van der Waals surface area contributed by atoms with Gasteiger partial charge in [0, 0.05) is 0 Å². The van der Waals surface area contributed by atoms with Crippen LogP contribution >= 0.6 is 0 Å². The van der Waals surface area contributed by atoms with Gasteiger partial charge in [-0.25, -0.2) is 28.4 Å². The first-order valence-corrected chi connectivity index (χ1v) is 10.1. The van der Waals surface area contributed by atoms with E-state index in [0.717, 1.165) is 4.90 Å². The maximum atomic E-state index is 14.2. The number of nitrogens with zero attached hydrogens (tertiary/aromatic N) is 2. The predicted octanol–water partition coefficient (Wildman–Crippen LogP) is -0.0518. The van der Waals surface area contributed by atoms with E-state index in [4.69, 9.17) is 15.3 Å². The number of carbonyl (C=O) groups excluding carboxylic acids is 5. The van der Waals surface area contributed by atoms with Gasteiger partial charge in [-0.15, -0.1) is 0 Å². The number of alkyl halides is 1. The van der Waals surface area contributed by atoms with E-state index >= 15 is 0 Å². The summed E-state index contributed by atoms with van der Waals surface area (Å²) >= 11 is 0. The van der Waals surface area contributed by atoms with Crippen molar-refractivity contribution in [2.75, 3.05) is 19.9 Å². The molecule has 2 bridgehead atoms. The Morgan fingerprint density at radius 2 is 1.88 bits per heavy atom. The van der Waals surface area contributed by atoms with Gasteiger partial charge in [-0.2, -0.15) is 5.06 Å². The Balaban J connectivity index is 1.83. The van der Waals surface area contributed by atoms with E-state index in [1.807, 2.05) is 0 Å². The molecule has 2 aliphatic heterocycles. The second kappa shape index (κ2) is 10.9. The number of ether oxygens (including phenoxy) is 3. The largest absolute Gasteiger partial charge is 0.464 e. The molecule has 0 spiro atoms. The molecule has 1 fully saturated rings. The van der Waals surface area contributed by atoms with Crippen LogP contribution in [0.3, 0.4) is 0 Å².